The number of rotatable bonds is 10. The van der Waals surface area contributed by atoms with Gasteiger partial charge in [-0.2, -0.15) is 0 Å². The van der Waals surface area contributed by atoms with Gasteiger partial charge in [0.1, 0.15) is 12.4 Å². The van der Waals surface area contributed by atoms with Gasteiger partial charge in [-0.15, -0.1) is 0 Å². The molecule has 1 aromatic heterocycles. The van der Waals surface area contributed by atoms with Crippen LogP contribution in [0.4, 0.5) is 5.69 Å². The van der Waals surface area contributed by atoms with Crippen molar-refractivity contribution in [1.29, 1.82) is 0 Å². The van der Waals surface area contributed by atoms with Crippen molar-refractivity contribution in [2.24, 2.45) is 4.99 Å². The predicted molar refractivity (Wildman–Crippen MR) is 197 cm³/mol. The Morgan fingerprint density at radius 1 is 1.13 bits per heavy atom. The van der Waals surface area contributed by atoms with Crippen LogP contribution in [-0.2, 0) is 16.1 Å². The Kier molecular flexibility index (Phi) is 11.1. The largest absolute Gasteiger partial charge is 0.493 e. The van der Waals surface area contributed by atoms with E-state index in [-0.39, 0.29) is 30.0 Å². The molecule has 0 radical (unpaired) electrons. The average Bonchev–Trinajstić information content (AvgIpc) is 3.33. The molecule has 0 bridgehead atoms. The van der Waals surface area contributed by atoms with Crippen LogP contribution in [0, 0.1) is 17.3 Å². The van der Waals surface area contributed by atoms with E-state index in [1.54, 1.807) is 44.2 Å². The Balaban J connectivity index is 1.66. The number of aromatic nitrogens is 1. The van der Waals surface area contributed by atoms with Crippen LogP contribution < -0.4 is 29.1 Å². The number of nitro groups is 1. The highest BCUT2D eigenvalue weighted by atomic mass is 127. The van der Waals surface area contributed by atoms with Crippen LogP contribution in [-0.4, -0.2) is 36.3 Å². The summed E-state index contributed by atoms with van der Waals surface area (Å²) in [6.07, 6.45) is 1.75. The first-order valence-electron chi connectivity index (χ1n) is 13.9. The fourth-order valence-electron chi connectivity index (χ4n) is 5.02. The Morgan fingerprint density at radius 2 is 1.81 bits per heavy atom. The molecule has 1 aliphatic rings. The van der Waals surface area contributed by atoms with E-state index in [0.717, 1.165) is 12.7 Å². The smallest absolute Gasteiger partial charge is 0.338 e. The van der Waals surface area contributed by atoms with Gasteiger partial charge in [0.05, 0.1) is 51.2 Å². The summed E-state index contributed by atoms with van der Waals surface area (Å²) in [5, 5.41) is 11.1. The fraction of sp³-hybridized carbons (Fsp3) is 0.219. The van der Waals surface area contributed by atoms with Crippen LogP contribution in [0.2, 0.25) is 0 Å². The molecular weight excluding hydrogens is 920 g/mol. The van der Waals surface area contributed by atoms with Gasteiger partial charge in [0, 0.05) is 25.7 Å². The minimum absolute atomic E-state index is 0.00609. The zero-order chi connectivity index (χ0) is 34.0. The highest BCUT2D eigenvalue weighted by molar-refractivity contribution is 14.1. The van der Waals surface area contributed by atoms with Gasteiger partial charge in [-0.25, -0.2) is 9.79 Å². The summed E-state index contributed by atoms with van der Waals surface area (Å²) in [5.74, 6) is 0.874. The van der Waals surface area contributed by atoms with Crippen molar-refractivity contribution in [3.8, 4) is 17.2 Å². The monoisotopic (exact) mass is 945 g/mol. The topological polar surface area (TPSA) is 131 Å². The second-order valence-corrected chi connectivity index (χ2v) is 14.3. The number of nitro benzene ring substituents is 1. The highest BCUT2D eigenvalue weighted by Crippen LogP contribution is 2.41. The van der Waals surface area contributed by atoms with Crippen molar-refractivity contribution in [2.45, 2.75) is 26.5 Å². The molecule has 15 heteroatoms. The van der Waals surface area contributed by atoms with Crippen LogP contribution in [0.25, 0.3) is 6.08 Å². The number of allylic oxidation sites excluding steroid dienone is 1. The Morgan fingerprint density at radius 3 is 2.45 bits per heavy atom. The first-order valence-corrected chi connectivity index (χ1v) is 17.7. The third kappa shape index (κ3) is 7.26. The summed E-state index contributed by atoms with van der Waals surface area (Å²) in [4.78, 5) is 43.4. The summed E-state index contributed by atoms with van der Waals surface area (Å²) in [6, 6.07) is 12.6. The quantitative estimate of drug-likeness (QED) is 0.0787. The number of benzene rings is 3. The fourth-order valence-corrected chi connectivity index (χ4v) is 8.64. The van der Waals surface area contributed by atoms with Crippen LogP contribution in [0.3, 0.4) is 0 Å². The normalized spacial score (nSPS) is 14.4. The Labute approximate surface area is 308 Å². The van der Waals surface area contributed by atoms with Gasteiger partial charge in [-0.05, 0) is 113 Å². The third-order valence-corrected chi connectivity index (χ3v) is 10.3. The molecule has 244 valence electrons. The third-order valence-electron chi connectivity index (χ3n) is 7.17. The summed E-state index contributed by atoms with van der Waals surface area (Å²) in [6.45, 7) is 3.74. The van der Waals surface area contributed by atoms with Gasteiger partial charge >= 0.3 is 5.97 Å². The van der Waals surface area contributed by atoms with E-state index >= 15 is 0 Å². The lowest BCUT2D eigenvalue weighted by molar-refractivity contribution is -0.384. The molecule has 0 amide bonds. The van der Waals surface area contributed by atoms with Crippen molar-refractivity contribution in [1.82, 2.24) is 4.57 Å². The molecule has 1 atom stereocenters. The molecule has 2 heterocycles. The second kappa shape index (κ2) is 14.9. The van der Waals surface area contributed by atoms with Crippen molar-refractivity contribution in [2.75, 3.05) is 20.8 Å². The van der Waals surface area contributed by atoms with E-state index in [9.17, 15) is 19.7 Å². The molecule has 11 nitrogen and oxygen atoms in total. The Hall–Kier alpha value is -3.29. The number of carbonyl (C=O) groups is 1. The maximum absolute atomic E-state index is 14.3. The van der Waals surface area contributed by atoms with Gasteiger partial charge in [0.15, 0.2) is 16.3 Å². The van der Waals surface area contributed by atoms with Gasteiger partial charge < -0.3 is 18.9 Å². The molecule has 3 aromatic carbocycles. The van der Waals surface area contributed by atoms with Gasteiger partial charge in [-0.1, -0.05) is 27.3 Å². The number of halogens is 3. The summed E-state index contributed by atoms with van der Waals surface area (Å²) >= 11 is 9.20. The molecule has 47 heavy (non-hydrogen) atoms. The van der Waals surface area contributed by atoms with Crippen molar-refractivity contribution in [3.63, 3.8) is 0 Å². The van der Waals surface area contributed by atoms with Gasteiger partial charge in [-0.3, -0.25) is 19.5 Å². The molecular formula is C32H26BrI2N3O8S. The number of hydrogen-bond donors (Lipinski definition) is 0. The van der Waals surface area contributed by atoms with Gasteiger partial charge in [0.25, 0.3) is 11.2 Å². The summed E-state index contributed by atoms with van der Waals surface area (Å²) < 4.78 is 26.9. The summed E-state index contributed by atoms with van der Waals surface area (Å²) in [5.41, 5.74) is 2.30. The Bertz CT molecular complexity index is 2110. The van der Waals surface area contributed by atoms with Gasteiger partial charge in [0.2, 0.25) is 0 Å². The van der Waals surface area contributed by atoms with E-state index in [4.69, 9.17) is 18.9 Å². The molecule has 0 aliphatic carbocycles. The van der Waals surface area contributed by atoms with Crippen LogP contribution in [0.5, 0.6) is 17.2 Å². The maximum Gasteiger partial charge on any atom is 0.338 e. The van der Waals surface area contributed by atoms with E-state index in [1.807, 2.05) is 12.1 Å². The lowest BCUT2D eigenvalue weighted by atomic mass is 9.95. The number of nitrogens with zero attached hydrogens (tertiary/aromatic N) is 3. The maximum atomic E-state index is 14.3. The number of esters is 1. The van der Waals surface area contributed by atoms with E-state index < -0.39 is 16.9 Å². The molecule has 0 unspecified atom stereocenters. The standard InChI is InChI=1S/C32H26BrI2N3O8S/c1-5-45-31(40)27-16(2)36-32-37(28(27)21-13-24(43-3)25(44-4)14-22(21)33)30(39)26(47-32)11-18-10-19(34)12-23(35)29(18)46-15-17-6-8-20(9-7-17)38(41)42/h6-14,28H,5,15H2,1-4H3/b26-11-/t28-/m0/s1. The lowest BCUT2D eigenvalue weighted by Crippen LogP contribution is -2.40. The SMILES string of the molecule is CCOC(=O)C1=C(C)N=c2s/c(=C\c3cc(I)cc(I)c3OCc3ccc([N+](=O)[O-])cc3)c(=O)n2[C@H]1c1cc(OC)c(OC)cc1Br. The van der Waals surface area contributed by atoms with Crippen LogP contribution in [0.1, 0.15) is 36.6 Å². The zero-order valence-corrected chi connectivity index (χ0v) is 32.1. The van der Waals surface area contributed by atoms with Crippen molar-refractivity contribution < 1.29 is 28.7 Å². The zero-order valence-electron chi connectivity index (χ0n) is 25.3. The number of ether oxygens (including phenoxy) is 4. The average molecular weight is 946 g/mol. The minimum atomic E-state index is -0.879. The van der Waals surface area contributed by atoms with Crippen LogP contribution >= 0.6 is 72.4 Å². The highest BCUT2D eigenvalue weighted by Gasteiger charge is 2.35. The number of non-ortho nitro benzene ring substituents is 1. The minimum Gasteiger partial charge on any atom is -0.493 e. The first-order chi connectivity index (χ1) is 22.5. The number of methoxy groups -OCH3 is 2. The number of thiazole rings is 1. The van der Waals surface area contributed by atoms with E-state index in [1.165, 1.54) is 42.3 Å². The molecule has 0 saturated carbocycles. The molecule has 0 saturated heterocycles. The van der Waals surface area contributed by atoms with Crippen molar-refractivity contribution in [3.05, 3.63) is 118 Å². The number of carbonyl (C=O) groups excluding carboxylic acids is 1. The van der Waals surface area contributed by atoms with Crippen molar-refractivity contribution >= 4 is 90.2 Å². The molecule has 0 spiro atoms. The number of hydrogen-bond acceptors (Lipinski definition) is 10. The predicted octanol–water partition coefficient (Wildman–Crippen LogP) is 6.27. The lowest BCUT2D eigenvalue weighted by Gasteiger charge is -2.26. The first kappa shape index (κ1) is 35.0. The molecule has 1 aliphatic heterocycles. The summed E-state index contributed by atoms with van der Waals surface area (Å²) in [7, 11) is 3.04. The number of fused-ring (bicyclic) bond motifs is 1. The van der Waals surface area contributed by atoms with E-state index in [2.05, 4.69) is 66.1 Å². The second-order valence-electron chi connectivity index (χ2n) is 10.0. The molecule has 4 aromatic rings. The molecule has 5 rings (SSSR count). The van der Waals surface area contributed by atoms with Crippen LogP contribution in [0.15, 0.2) is 74.1 Å². The van der Waals surface area contributed by atoms with E-state index in [0.29, 0.717) is 47.9 Å². The molecule has 0 N–H and O–H groups in total. The molecule has 0 fully saturated rings.